The van der Waals surface area contributed by atoms with Crippen LogP contribution in [0, 0.1) is 0 Å². The minimum atomic E-state index is -2.87. The van der Waals surface area contributed by atoms with E-state index in [1.54, 1.807) is 0 Å². The molecule has 128 valence electrons. The van der Waals surface area contributed by atoms with Gasteiger partial charge in [-0.3, -0.25) is 4.90 Å². The van der Waals surface area contributed by atoms with Gasteiger partial charge in [0, 0.05) is 31.7 Å². The van der Waals surface area contributed by atoms with E-state index in [-0.39, 0.29) is 17.8 Å². The summed E-state index contributed by atoms with van der Waals surface area (Å²) < 4.78 is 29.1. The number of nitrogens with zero attached hydrogens (tertiary/aromatic N) is 1. The van der Waals surface area contributed by atoms with Crippen molar-refractivity contribution >= 4 is 9.84 Å². The zero-order valence-electron chi connectivity index (χ0n) is 13.5. The summed E-state index contributed by atoms with van der Waals surface area (Å²) >= 11 is 0. The van der Waals surface area contributed by atoms with Crippen LogP contribution in [0.15, 0.2) is 30.3 Å². The van der Waals surface area contributed by atoms with Gasteiger partial charge in [0.25, 0.3) is 0 Å². The van der Waals surface area contributed by atoms with Crippen LogP contribution in [-0.2, 0) is 14.6 Å². The standard InChI is InChI=1S/C17H26N2O3S/c20-23(21)12-4-7-16(14-23)18-13-17(15-5-2-1-3-6-15)19-8-10-22-11-9-19/h1-3,5-6,16-18H,4,7-14H2/t16-,17-/m1/s1. The summed E-state index contributed by atoms with van der Waals surface area (Å²) in [6.07, 6.45) is 1.72. The lowest BCUT2D eigenvalue weighted by Gasteiger charge is -2.36. The van der Waals surface area contributed by atoms with E-state index in [4.69, 9.17) is 4.74 Å². The van der Waals surface area contributed by atoms with Crippen LogP contribution in [-0.4, -0.2) is 63.7 Å². The lowest BCUT2D eigenvalue weighted by atomic mass is 10.0. The van der Waals surface area contributed by atoms with E-state index in [2.05, 4.69) is 34.5 Å². The highest BCUT2D eigenvalue weighted by molar-refractivity contribution is 7.91. The van der Waals surface area contributed by atoms with Gasteiger partial charge in [-0.1, -0.05) is 30.3 Å². The number of hydrogen-bond acceptors (Lipinski definition) is 5. The maximum Gasteiger partial charge on any atom is 0.151 e. The second kappa shape index (κ2) is 7.75. The fourth-order valence-corrected chi connectivity index (χ4v) is 5.15. The van der Waals surface area contributed by atoms with Crippen LogP contribution in [0.3, 0.4) is 0 Å². The van der Waals surface area contributed by atoms with Gasteiger partial charge in [0.05, 0.1) is 24.7 Å². The van der Waals surface area contributed by atoms with Crippen molar-refractivity contribution in [3.8, 4) is 0 Å². The van der Waals surface area contributed by atoms with Gasteiger partial charge in [0.2, 0.25) is 0 Å². The summed E-state index contributed by atoms with van der Waals surface area (Å²) in [5, 5.41) is 3.51. The molecule has 0 spiro atoms. The SMILES string of the molecule is O=S1(=O)CCC[C@@H](NC[C@H](c2ccccc2)N2CCOCC2)C1. The Balaban J connectivity index is 1.66. The van der Waals surface area contributed by atoms with Crippen LogP contribution in [0.25, 0.3) is 0 Å². The minimum Gasteiger partial charge on any atom is -0.379 e. The Hall–Kier alpha value is -0.950. The van der Waals surface area contributed by atoms with Crippen molar-refractivity contribution in [2.75, 3.05) is 44.4 Å². The predicted molar refractivity (Wildman–Crippen MR) is 91.3 cm³/mol. The van der Waals surface area contributed by atoms with Crippen molar-refractivity contribution in [2.45, 2.75) is 24.9 Å². The number of nitrogens with one attached hydrogen (secondary N) is 1. The van der Waals surface area contributed by atoms with Gasteiger partial charge in [-0.05, 0) is 18.4 Å². The number of ether oxygens (including phenoxy) is 1. The largest absolute Gasteiger partial charge is 0.379 e. The van der Waals surface area contributed by atoms with E-state index >= 15 is 0 Å². The van der Waals surface area contributed by atoms with Gasteiger partial charge in [-0.25, -0.2) is 8.42 Å². The third-order valence-corrected chi connectivity index (χ3v) is 6.55. The molecule has 5 nitrogen and oxygen atoms in total. The van der Waals surface area contributed by atoms with Gasteiger partial charge in [0.1, 0.15) is 0 Å². The van der Waals surface area contributed by atoms with E-state index in [0.717, 1.165) is 45.7 Å². The molecule has 6 heteroatoms. The number of morpholine rings is 1. The van der Waals surface area contributed by atoms with E-state index < -0.39 is 9.84 Å². The van der Waals surface area contributed by atoms with E-state index in [9.17, 15) is 8.42 Å². The lowest BCUT2D eigenvalue weighted by molar-refractivity contribution is 0.0157. The maximum absolute atomic E-state index is 11.8. The molecule has 0 aromatic heterocycles. The third kappa shape index (κ3) is 4.76. The molecule has 3 rings (SSSR count). The molecule has 0 aliphatic carbocycles. The van der Waals surface area contributed by atoms with Crippen LogP contribution in [0.2, 0.25) is 0 Å². The molecule has 0 amide bonds. The molecule has 1 aromatic carbocycles. The zero-order chi connectivity index (χ0) is 16.1. The van der Waals surface area contributed by atoms with Crippen molar-refractivity contribution in [2.24, 2.45) is 0 Å². The highest BCUT2D eigenvalue weighted by atomic mass is 32.2. The summed E-state index contributed by atoms with van der Waals surface area (Å²) in [6, 6.07) is 10.8. The Labute approximate surface area is 138 Å². The third-order valence-electron chi connectivity index (χ3n) is 4.73. The van der Waals surface area contributed by atoms with Crippen LogP contribution in [0.5, 0.6) is 0 Å². The summed E-state index contributed by atoms with van der Waals surface area (Å²) in [6.45, 7) is 4.15. The van der Waals surface area contributed by atoms with Crippen molar-refractivity contribution in [3.63, 3.8) is 0 Å². The number of hydrogen-bond donors (Lipinski definition) is 1. The molecule has 2 fully saturated rings. The minimum absolute atomic E-state index is 0.0843. The zero-order valence-corrected chi connectivity index (χ0v) is 14.3. The maximum atomic E-state index is 11.8. The van der Waals surface area contributed by atoms with E-state index in [1.165, 1.54) is 5.56 Å². The first-order chi connectivity index (χ1) is 11.1. The van der Waals surface area contributed by atoms with Crippen molar-refractivity contribution in [1.29, 1.82) is 0 Å². The first-order valence-electron chi connectivity index (χ1n) is 8.45. The molecule has 1 N–H and O–H groups in total. The summed E-state index contributed by atoms with van der Waals surface area (Å²) in [5.74, 6) is 0.619. The Bertz CT molecular complexity index is 585. The Kier molecular flexibility index (Phi) is 5.69. The second-order valence-electron chi connectivity index (χ2n) is 6.44. The quantitative estimate of drug-likeness (QED) is 0.875. The molecule has 2 aliphatic rings. The topological polar surface area (TPSA) is 58.6 Å². The average Bonchev–Trinajstić information content (AvgIpc) is 2.56. The highest BCUT2D eigenvalue weighted by Crippen LogP contribution is 2.22. The van der Waals surface area contributed by atoms with Crippen LogP contribution in [0.1, 0.15) is 24.4 Å². The van der Waals surface area contributed by atoms with Crippen molar-refractivity contribution in [1.82, 2.24) is 10.2 Å². The predicted octanol–water partition coefficient (Wildman–Crippen LogP) is 1.23. The van der Waals surface area contributed by atoms with E-state index in [1.807, 2.05) is 6.07 Å². The van der Waals surface area contributed by atoms with Crippen LogP contribution in [0.4, 0.5) is 0 Å². The fraction of sp³-hybridized carbons (Fsp3) is 0.647. The number of benzene rings is 1. The summed E-state index contributed by atoms with van der Waals surface area (Å²) in [4.78, 5) is 2.43. The Morgan fingerprint density at radius 1 is 1.22 bits per heavy atom. The van der Waals surface area contributed by atoms with Crippen LogP contribution < -0.4 is 5.32 Å². The van der Waals surface area contributed by atoms with Gasteiger partial charge < -0.3 is 10.1 Å². The van der Waals surface area contributed by atoms with Crippen molar-refractivity contribution in [3.05, 3.63) is 35.9 Å². The normalized spacial score (nSPS) is 26.7. The first-order valence-corrected chi connectivity index (χ1v) is 10.3. The second-order valence-corrected chi connectivity index (χ2v) is 8.67. The molecule has 0 radical (unpaired) electrons. The molecule has 2 atom stereocenters. The van der Waals surface area contributed by atoms with Gasteiger partial charge in [-0.15, -0.1) is 0 Å². The molecular weight excluding hydrogens is 312 g/mol. The Morgan fingerprint density at radius 2 is 1.96 bits per heavy atom. The first kappa shape index (κ1) is 16.9. The fourth-order valence-electron chi connectivity index (χ4n) is 3.48. The molecular formula is C17H26N2O3S. The molecule has 0 bridgehead atoms. The van der Waals surface area contributed by atoms with Gasteiger partial charge in [0.15, 0.2) is 9.84 Å². The molecule has 1 aromatic rings. The average molecular weight is 338 g/mol. The smallest absolute Gasteiger partial charge is 0.151 e. The summed E-state index contributed by atoms with van der Waals surface area (Å²) in [5.41, 5.74) is 1.28. The van der Waals surface area contributed by atoms with Gasteiger partial charge >= 0.3 is 0 Å². The molecule has 0 unspecified atom stereocenters. The number of rotatable bonds is 5. The summed E-state index contributed by atoms with van der Waals surface area (Å²) in [7, 11) is -2.87. The van der Waals surface area contributed by atoms with E-state index in [0.29, 0.717) is 5.75 Å². The lowest BCUT2D eigenvalue weighted by Crippen LogP contribution is -2.47. The molecule has 2 saturated heterocycles. The molecule has 2 heterocycles. The van der Waals surface area contributed by atoms with Gasteiger partial charge in [-0.2, -0.15) is 0 Å². The molecule has 2 aliphatic heterocycles. The van der Waals surface area contributed by atoms with Crippen LogP contribution >= 0.6 is 0 Å². The molecule has 23 heavy (non-hydrogen) atoms. The number of sulfone groups is 1. The van der Waals surface area contributed by atoms with Crippen molar-refractivity contribution < 1.29 is 13.2 Å². The monoisotopic (exact) mass is 338 g/mol. The molecule has 0 saturated carbocycles. The Morgan fingerprint density at radius 3 is 2.65 bits per heavy atom. The highest BCUT2D eigenvalue weighted by Gasteiger charge is 2.27.